The molecule has 0 aromatic rings. The molecular weight excluding hydrogens is 390 g/mol. The van der Waals surface area contributed by atoms with Gasteiger partial charge in [0.25, 0.3) is 0 Å². The Balaban J connectivity index is 1.47. The largest absolute Gasteiger partial charge is 0.393 e. The number of carbonyl (C=O) groups excluding carboxylic acids is 1. The molecule has 1 amide bonds. The van der Waals surface area contributed by atoms with Crippen molar-refractivity contribution in [3.05, 3.63) is 0 Å². The Morgan fingerprint density at radius 3 is 2.42 bits per heavy atom. The van der Waals surface area contributed by atoms with E-state index in [0.717, 1.165) is 32.1 Å². The van der Waals surface area contributed by atoms with Gasteiger partial charge in [0.1, 0.15) is 0 Å². The van der Waals surface area contributed by atoms with Crippen LogP contribution >= 0.6 is 0 Å². The molecule has 0 saturated heterocycles. The maximum atomic E-state index is 12.2. The van der Waals surface area contributed by atoms with Crippen LogP contribution in [0.15, 0.2) is 0 Å². The van der Waals surface area contributed by atoms with Crippen molar-refractivity contribution in [2.45, 2.75) is 97.2 Å². The van der Waals surface area contributed by atoms with Crippen LogP contribution in [0.4, 0.5) is 0 Å². The molecule has 2 N–H and O–H groups in total. The number of aliphatic hydroxyl groups is 2. The van der Waals surface area contributed by atoms with Crippen molar-refractivity contribution in [3.63, 3.8) is 0 Å². The standard InChI is InChI=1S/C26H45NO4/c1-16(6-9-24(30)27(4)31-5)19-7-8-20-18-15-23(29)22-14-17(28)10-12-26(22,3)21(18)11-13-25(19,20)2/h16-23,28-29H,6-15H2,1-5H3. The zero-order valence-electron chi connectivity index (χ0n) is 20.3. The number of rotatable bonds is 5. The summed E-state index contributed by atoms with van der Waals surface area (Å²) in [6.45, 7) is 7.30. The molecule has 0 spiro atoms. The van der Waals surface area contributed by atoms with Gasteiger partial charge in [-0.2, -0.15) is 0 Å². The Hall–Kier alpha value is -0.650. The highest BCUT2D eigenvalue weighted by atomic mass is 16.7. The maximum Gasteiger partial charge on any atom is 0.245 e. The van der Waals surface area contributed by atoms with E-state index in [1.165, 1.54) is 30.7 Å². The molecule has 0 heterocycles. The summed E-state index contributed by atoms with van der Waals surface area (Å²) in [5, 5.41) is 22.8. The predicted molar refractivity (Wildman–Crippen MR) is 121 cm³/mol. The Labute approximate surface area is 188 Å². The third kappa shape index (κ3) is 3.87. The number of aliphatic hydroxyl groups excluding tert-OH is 2. The molecule has 4 fully saturated rings. The molecule has 10 unspecified atom stereocenters. The molecule has 4 saturated carbocycles. The molecule has 0 bridgehead atoms. The van der Waals surface area contributed by atoms with Gasteiger partial charge in [-0.1, -0.05) is 20.8 Å². The highest BCUT2D eigenvalue weighted by molar-refractivity contribution is 5.74. The second-order valence-electron chi connectivity index (χ2n) is 12.0. The molecule has 31 heavy (non-hydrogen) atoms. The summed E-state index contributed by atoms with van der Waals surface area (Å²) in [5.41, 5.74) is 0.512. The van der Waals surface area contributed by atoms with Crippen LogP contribution in [0.3, 0.4) is 0 Å². The minimum atomic E-state index is -0.262. The lowest BCUT2D eigenvalue weighted by Gasteiger charge is -2.62. The minimum absolute atomic E-state index is 0.0617. The molecule has 4 aliphatic rings. The molecule has 4 aliphatic carbocycles. The number of fused-ring (bicyclic) bond motifs is 5. The van der Waals surface area contributed by atoms with Gasteiger partial charge in [0.15, 0.2) is 0 Å². The molecule has 0 aromatic carbocycles. The van der Waals surface area contributed by atoms with Crippen LogP contribution in [0.25, 0.3) is 0 Å². The molecule has 10 atom stereocenters. The van der Waals surface area contributed by atoms with Crippen molar-refractivity contribution in [1.29, 1.82) is 0 Å². The van der Waals surface area contributed by atoms with E-state index < -0.39 is 0 Å². The fraction of sp³-hybridized carbons (Fsp3) is 0.962. The van der Waals surface area contributed by atoms with Crippen LogP contribution in [-0.2, 0) is 9.63 Å². The van der Waals surface area contributed by atoms with Crippen molar-refractivity contribution < 1.29 is 19.8 Å². The number of hydroxylamine groups is 2. The van der Waals surface area contributed by atoms with E-state index in [-0.39, 0.29) is 29.4 Å². The van der Waals surface area contributed by atoms with Gasteiger partial charge < -0.3 is 10.2 Å². The van der Waals surface area contributed by atoms with Gasteiger partial charge >= 0.3 is 0 Å². The lowest BCUT2D eigenvalue weighted by atomic mass is 9.44. The van der Waals surface area contributed by atoms with Gasteiger partial charge in [-0.3, -0.25) is 9.63 Å². The second-order valence-corrected chi connectivity index (χ2v) is 12.0. The van der Waals surface area contributed by atoms with Crippen LogP contribution in [0.1, 0.15) is 85.0 Å². The van der Waals surface area contributed by atoms with E-state index in [1.807, 2.05) is 0 Å². The zero-order valence-corrected chi connectivity index (χ0v) is 20.3. The van der Waals surface area contributed by atoms with E-state index in [9.17, 15) is 15.0 Å². The van der Waals surface area contributed by atoms with E-state index in [4.69, 9.17) is 4.84 Å². The average Bonchev–Trinajstić information content (AvgIpc) is 3.10. The Kier molecular flexibility index (Phi) is 6.53. The highest BCUT2D eigenvalue weighted by Gasteiger charge is 2.62. The summed E-state index contributed by atoms with van der Waals surface area (Å²) in [6, 6.07) is 0. The van der Waals surface area contributed by atoms with E-state index >= 15 is 0 Å². The normalized spacial score (nSPS) is 47.8. The summed E-state index contributed by atoms with van der Waals surface area (Å²) in [5.74, 6) is 3.52. The Morgan fingerprint density at radius 1 is 1.03 bits per heavy atom. The summed E-state index contributed by atoms with van der Waals surface area (Å²) >= 11 is 0. The monoisotopic (exact) mass is 435 g/mol. The third-order valence-corrected chi connectivity index (χ3v) is 10.9. The first-order chi connectivity index (χ1) is 14.6. The van der Waals surface area contributed by atoms with Crippen molar-refractivity contribution >= 4 is 5.91 Å². The summed E-state index contributed by atoms with van der Waals surface area (Å²) in [6.07, 6.45) is 9.74. The third-order valence-electron chi connectivity index (χ3n) is 10.9. The number of hydrogen-bond acceptors (Lipinski definition) is 4. The molecular formula is C26H45NO4. The number of nitrogens with zero attached hydrogens (tertiary/aromatic N) is 1. The lowest BCUT2D eigenvalue weighted by Crippen LogP contribution is -2.58. The van der Waals surface area contributed by atoms with Crippen LogP contribution < -0.4 is 0 Å². The molecule has 5 heteroatoms. The van der Waals surface area contributed by atoms with Crippen LogP contribution in [0, 0.1) is 46.3 Å². The fourth-order valence-electron chi connectivity index (χ4n) is 9.07. The SMILES string of the molecule is CON(C)C(=O)CCC(C)C1CCC2C3CC(O)C4CC(O)CCC4(C)C3CCC12C. The number of hydrogen-bond donors (Lipinski definition) is 2. The predicted octanol–water partition coefficient (Wildman–Crippen LogP) is 4.41. The van der Waals surface area contributed by atoms with Crippen molar-refractivity contribution in [3.8, 4) is 0 Å². The average molecular weight is 436 g/mol. The van der Waals surface area contributed by atoms with Crippen molar-refractivity contribution in [2.75, 3.05) is 14.2 Å². The number of carbonyl (C=O) groups is 1. The number of amides is 1. The van der Waals surface area contributed by atoms with Gasteiger partial charge in [0, 0.05) is 13.5 Å². The van der Waals surface area contributed by atoms with E-state index in [2.05, 4.69) is 20.8 Å². The fourth-order valence-corrected chi connectivity index (χ4v) is 9.07. The first-order valence-corrected chi connectivity index (χ1v) is 12.8. The smallest absolute Gasteiger partial charge is 0.245 e. The lowest BCUT2D eigenvalue weighted by molar-refractivity contribution is -0.173. The maximum absolute atomic E-state index is 12.2. The molecule has 4 rings (SSSR count). The summed E-state index contributed by atoms with van der Waals surface area (Å²) in [4.78, 5) is 17.3. The van der Waals surface area contributed by atoms with Gasteiger partial charge in [0.2, 0.25) is 5.91 Å². The van der Waals surface area contributed by atoms with Crippen LogP contribution in [0.5, 0.6) is 0 Å². The minimum Gasteiger partial charge on any atom is -0.393 e. The van der Waals surface area contributed by atoms with Crippen molar-refractivity contribution in [1.82, 2.24) is 5.06 Å². The van der Waals surface area contributed by atoms with Crippen LogP contribution in [-0.4, -0.2) is 47.5 Å². The topological polar surface area (TPSA) is 70.0 Å². The molecule has 178 valence electrons. The Morgan fingerprint density at radius 2 is 1.71 bits per heavy atom. The van der Waals surface area contributed by atoms with Gasteiger partial charge in [-0.15, -0.1) is 0 Å². The van der Waals surface area contributed by atoms with Gasteiger partial charge in [-0.25, -0.2) is 5.06 Å². The zero-order chi connectivity index (χ0) is 22.6. The molecule has 5 nitrogen and oxygen atoms in total. The summed E-state index contributed by atoms with van der Waals surface area (Å²) < 4.78 is 0. The first-order valence-electron chi connectivity index (χ1n) is 12.8. The molecule has 0 radical (unpaired) electrons. The first kappa shape index (κ1) is 23.5. The van der Waals surface area contributed by atoms with E-state index in [0.29, 0.717) is 41.4 Å². The summed E-state index contributed by atoms with van der Waals surface area (Å²) in [7, 11) is 3.23. The van der Waals surface area contributed by atoms with E-state index in [1.54, 1.807) is 14.2 Å². The molecule has 0 aliphatic heterocycles. The van der Waals surface area contributed by atoms with Gasteiger partial charge in [-0.05, 0) is 104 Å². The quantitative estimate of drug-likeness (QED) is 0.628. The Bertz CT molecular complexity index is 670. The van der Waals surface area contributed by atoms with Crippen LogP contribution in [0.2, 0.25) is 0 Å². The second kappa shape index (κ2) is 8.61. The highest BCUT2D eigenvalue weighted by Crippen LogP contribution is 2.68. The van der Waals surface area contributed by atoms with Crippen molar-refractivity contribution in [2.24, 2.45) is 46.3 Å². The molecule has 0 aromatic heterocycles. The van der Waals surface area contributed by atoms with Gasteiger partial charge in [0.05, 0.1) is 19.3 Å².